The van der Waals surface area contributed by atoms with Gasteiger partial charge in [0.2, 0.25) is 0 Å². The first-order chi connectivity index (χ1) is 24.2. The van der Waals surface area contributed by atoms with Crippen molar-refractivity contribution < 1.29 is 0 Å². The van der Waals surface area contributed by atoms with Gasteiger partial charge >= 0.3 is 0 Å². The van der Waals surface area contributed by atoms with Crippen LogP contribution in [-0.2, 0) is 0 Å². The largest absolute Gasteiger partial charge is 0.208 e. The monoisotopic (exact) mass is 646 g/mol. The van der Waals surface area contributed by atoms with Crippen LogP contribution in [0.3, 0.4) is 0 Å². The van der Waals surface area contributed by atoms with Crippen molar-refractivity contribution in [3.05, 3.63) is 158 Å². The molecule has 0 N–H and O–H groups in total. The highest BCUT2D eigenvalue weighted by Crippen LogP contribution is 2.36. The Bertz CT molecular complexity index is 2550. The first kappa shape index (κ1) is 28.8. The molecule has 230 valence electrons. The minimum atomic E-state index is 0.572. The van der Waals surface area contributed by atoms with Gasteiger partial charge in [-0.05, 0) is 18.2 Å². The van der Waals surface area contributed by atoms with Gasteiger partial charge in [0.1, 0.15) is 0 Å². The summed E-state index contributed by atoms with van der Waals surface area (Å²) in [4.78, 5) is 29.7. The lowest BCUT2D eigenvalue weighted by Gasteiger charge is -2.11. The average Bonchev–Trinajstić information content (AvgIpc) is 3.57. The van der Waals surface area contributed by atoms with Gasteiger partial charge in [-0.2, -0.15) is 0 Å². The van der Waals surface area contributed by atoms with Gasteiger partial charge in [0, 0.05) is 53.6 Å². The Morgan fingerprint density at radius 2 is 0.633 bits per heavy atom. The van der Waals surface area contributed by atoms with Gasteiger partial charge in [-0.3, -0.25) is 0 Å². The zero-order chi connectivity index (χ0) is 32.6. The number of nitrogens with zero attached hydrogens (tertiary/aromatic N) is 6. The summed E-state index contributed by atoms with van der Waals surface area (Å²) in [7, 11) is 0. The van der Waals surface area contributed by atoms with Crippen molar-refractivity contribution in [2.75, 3.05) is 0 Å². The summed E-state index contributed by atoms with van der Waals surface area (Å²) in [6, 6.07) is 53.0. The number of fused-ring (bicyclic) bond motifs is 3. The Hall–Kier alpha value is -6.44. The first-order valence-corrected chi connectivity index (χ1v) is 16.8. The van der Waals surface area contributed by atoms with Gasteiger partial charge in [0.25, 0.3) is 0 Å². The molecule has 0 unspecified atom stereocenters. The van der Waals surface area contributed by atoms with E-state index in [2.05, 4.69) is 42.5 Å². The van der Waals surface area contributed by atoms with Crippen molar-refractivity contribution >= 4 is 31.5 Å². The topological polar surface area (TPSA) is 77.3 Å². The highest BCUT2D eigenvalue weighted by atomic mass is 32.1. The van der Waals surface area contributed by atoms with Crippen LogP contribution in [-0.4, -0.2) is 29.9 Å². The Kier molecular flexibility index (Phi) is 7.22. The molecule has 3 heterocycles. The molecule has 0 bridgehead atoms. The van der Waals surface area contributed by atoms with Crippen LogP contribution in [0, 0.1) is 0 Å². The third kappa shape index (κ3) is 5.62. The molecule has 6 aromatic carbocycles. The second-order valence-electron chi connectivity index (χ2n) is 11.6. The van der Waals surface area contributed by atoms with E-state index in [9.17, 15) is 0 Å². The van der Waals surface area contributed by atoms with E-state index in [1.807, 2.05) is 115 Å². The maximum Gasteiger partial charge on any atom is 0.164 e. The molecule has 0 atom stereocenters. The first-order valence-electron chi connectivity index (χ1n) is 16.0. The predicted molar refractivity (Wildman–Crippen MR) is 199 cm³/mol. The fourth-order valence-electron chi connectivity index (χ4n) is 5.95. The molecule has 7 heteroatoms. The second kappa shape index (κ2) is 12.3. The normalized spacial score (nSPS) is 11.3. The van der Waals surface area contributed by atoms with Crippen LogP contribution in [0.15, 0.2) is 158 Å². The predicted octanol–water partition coefficient (Wildman–Crippen LogP) is 10.4. The van der Waals surface area contributed by atoms with Crippen molar-refractivity contribution in [1.82, 2.24) is 29.9 Å². The smallest absolute Gasteiger partial charge is 0.164 e. The lowest BCUT2D eigenvalue weighted by atomic mass is 10.1. The maximum atomic E-state index is 5.05. The van der Waals surface area contributed by atoms with E-state index in [1.54, 1.807) is 11.3 Å². The van der Waals surface area contributed by atoms with Crippen LogP contribution in [0.4, 0.5) is 0 Å². The molecular formula is C42H26N6S. The quantitative estimate of drug-likeness (QED) is 0.179. The van der Waals surface area contributed by atoms with Crippen LogP contribution in [0.25, 0.3) is 88.5 Å². The molecule has 0 saturated heterocycles. The second-order valence-corrected chi connectivity index (χ2v) is 12.7. The Labute approximate surface area is 286 Å². The van der Waals surface area contributed by atoms with Crippen LogP contribution >= 0.6 is 11.3 Å². The molecular weight excluding hydrogens is 621 g/mol. The summed E-state index contributed by atoms with van der Waals surface area (Å²) in [6.07, 6.45) is 0. The van der Waals surface area contributed by atoms with Gasteiger partial charge < -0.3 is 0 Å². The van der Waals surface area contributed by atoms with E-state index < -0.39 is 0 Å². The minimum absolute atomic E-state index is 0.572. The average molecular weight is 647 g/mol. The molecule has 6 nitrogen and oxygen atoms in total. The molecule has 0 amide bonds. The lowest BCUT2D eigenvalue weighted by Crippen LogP contribution is -2.01. The zero-order valence-corrected chi connectivity index (χ0v) is 26.9. The molecule has 49 heavy (non-hydrogen) atoms. The Morgan fingerprint density at radius 3 is 1.12 bits per heavy atom. The zero-order valence-electron chi connectivity index (χ0n) is 26.1. The van der Waals surface area contributed by atoms with Crippen molar-refractivity contribution in [2.24, 2.45) is 0 Å². The number of hydrogen-bond donors (Lipinski definition) is 0. The molecule has 0 aliphatic carbocycles. The SMILES string of the molecule is c1ccc(-c2nc(-c3ccccc3)nc(-c3cccc(-c4nc(-c5ccccc5)nc(-c5ccc6c(c5)sc5ccccc56)n4)c3)n2)cc1. The number of thiophene rings is 1. The van der Waals surface area contributed by atoms with E-state index in [1.165, 1.54) is 20.2 Å². The van der Waals surface area contributed by atoms with E-state index in [0.717, 1.165) is 33.4 Å². The molecule has 0 aliphatic rings. The summed E-state index contributed by atoms with van der Waals surface area (Å²) in [5.41, 5.74) is 5.38. The van der Waals surface area contributed by atoms with Gasteiger partial charge in [-0.15, -0.1) is 11.3 Å². The molecule has 0 radical (unpaired) electrons. The van der Waals surface area contributed by atoms with Crippen molar-refractivity contribution in [3.8, 4) is 68.3 Å². The van der Waals surface area contributed by atoms with Gasteiger partial charge in [0.15, 0.2) is 34.9 Å². The molecule has 0 fully saturated rings. The van der Waals surface area contributed by atoms with Crippen LogP contribution in [0.2, 0.25) is 0 Å². The van der Waals surface area contributed by atoms with E-state index >= 15 is 0 Å². The van der Waals surface area contributed by atoms with E-state index in [0.29, 0.717) is 34.9 Å². The third-order valence-corrected chi connectivity index (χ3v) is 9.52. The van der Waals surface area contributed by atoms with Gasteiger partial charge in [-0.25, -0.2) is 29.9 Å². The number of rotatable bonds is 6. The summed E-state index contributed by atoms with van der Waals surface area (Å²) in [5, 5.41) is 2.49. The number of hydrogen-bond acceptors (Lipinski definition) is 7. The highest BCUT2D eigenvalue weighted by molar-refractivity contribution is 7.25. The molecule has 9 rings (SSSR count). The molecule has 0 spiro atoms. The van der Waals surface area contributed by atoms with Crippen LogP contribution in [0.5, 0.6) is 0 Å². The molecule has 0 aliphatic heterocycles. The number of aromatic nitrogens is 6. The van der Waals surface area contributed by atoms with Crippen LogP contribution in [0.1, 0.15) is 0 Å². The Morgan fingerprint density at radius 1 is 0.265 bits per heavy atom. The summed E-state index contributed by atoms with van der Waals surface area (Å²) in [5.74, 6) is 3.59. The van der Waals surface area contributed by atoms with E-state index in [4.69, 9.17) is 29.9 Å². The van der Waals surface area contributed by atoms with Crippen molar-refractivity contribution in [3.63, 3.8) is 0 Å². The van der Waals surface area contributed by atoms with Gasteiger partial charge in [-0.1, -0.05) is 140 Å². The summed E-state index contributed by atoms with van der Waals surface area (Å²) in [6.45, 7) is 0. The lowest BCUT2D eigenvalue weighted by molar-refractivity contribution is 1.07. The summed E-state index contributed by atoms with van der Waals surface area (Å²) >= 11 is 1.78. The standard InChI is InChI=1S/C42H26N6S/c1-4-13-27(14-5-1)37-43-38(28-15-6-2-7-16-28)45-40(44-37)30-19-12-20-31(25-30)41-46-39(29-17-8-3-9-18-29)47-42(48-41)32-23-24-34-33-21-10-11-22-35(33)49-36(34)26-32/h1-26H. The fraction of sp³-hybridized carbons (Fsp3) is 0. The molecule has 9 aromatic rings. The molecule has 0 saturated carbocycles. The summed E-state index contributed by atoms with van der Waals surface area (Å²) < 4.78 is 2.46. The van der Waals surface area contributed by atoms with Crippen molar-refractivity contribution in [1.29, 1.82) is 0 Å². The maximum absolute atomic E-state index is 5.05. The number of benzene rings is 6. The van der Waals surface area contributed by atoms with Crippen LogP contribution < -0.4 is 0 Å². The highest BCUT2D eigenvalue weighted by Gasteiger charge is 2.16. The minimum Gasteiger partial charge on any atom is -0.208 e. The van der Waals surface area contributed by atoms with Crippen molar-refractivity contribution in [2.45, 2.75) is 0 Å². The molecule has 3 aromatic heterocycles. The fourth-order valence-corrected chi connectivity index (χ4v) is 7.10. The van der Waals surface area contributed by atoms with E-state index in [-0.39, 0.29) is 0 Å². The van der Waals surface area contributed by atoms with Gasteiger partial charge in [0.05, 0.1) is 0 Å². The Balaban J connectivity index is 1.18. The third-order valence-electron chi connectivity index (χ3n) is 8.38.